The normalized spacial score (nSPS) is 10.4. The third-order valence-electron chi connectivity index (χ3n) is 2.93. The van der Waals surface area contributed by atoms with Crippen molar-refractivity contribution in [1.29, 1.82) is 0 Å². The molecule has 5 heteroatoms. The third-order valence-corrected chi connectivity index (χ3v) is 3.42. The van der Waals surface area contributed by atoms with Crippen LogP contribution >= 0.6 is 15.9 Å². The molecule has 0 aliphatic heterocycles. The number of carbonyl (C=O) groups excluding carboxylic acids is 1. The summed E-state index contributed by atoms with van der Waals surface area (Å²) in [6, 6.07) is 12.4. The van der Waals surface area contributed by atoms with Crippen LogP contribution in [0, 0.1) is 5.82 Å². The van der Waals surface area contributed by atoms with Crippen molar-refractivity contribution in [2.45, 2.75) is 20.0 Å². The molecule has 0 spiro atoms. The fourth-order valence-electron chi connectivity index (χ4n) is 1.93. The van der Waals surface area contributed by atoms with Crippen molar-refractivity contribution in [2.75, 3.05) is 5.32 Å². The third kappa shape index (κ3) is 4.95. The molecule has 21 heavy (non-hydrogen) atoms. The monoisotopic (exact) mass is 350 g/mol. The minimum Gasteiger partial charge on any atom is -0.326 e. The second kappa shape index (κ2) is 7.33. The van der Waals surface area contributed by atoms with E-state index < -0.39 is 0 Å². The summed E-state index contributed by atoms with van der Waals surface area (Å²) in [7, 11) is 0. The highest BCUT2D eigenvalue weighted by molar-refractivity contribution is 9.10. The van der Waals surface area contributed by atoms with Crippen LogP contribution in [-0.4, -0.2) is 5.91 Å². The zero-order valence-corrected chi connectivity index (χ0v) is 13.2. The van der Waals surface area contributed by atoms with E-state index in [1.54, 1.807) is 12.1 Å². The Kier molecular flexibility index (Phi) is 5.47. The Morgan fingerprint density at radius 1 is 1.14 bits per heavy atom. The summed E-state index contributed by atoms with van der Waals surface area (Å²) in [5, 5.41) is 5.91. The van der Waals surface area contributed by atoms with Crippen molar-refractivity contribution in [3.8, 4) is 0 Å². The Balaban J connectivity index is 1.88. The molecule has 0 saturated heterocycles. The van der Waals surface area contributed by atoms with E-state index in [0.717, 1.165) is 15.7 Å². The Bertz CT molecular complexity index is 629. The summed E-state index contributed by atoms with van der Waals surface area (Å²) in [6.07, 6.45) is 0. The Labute approximate surface area is 131 Å². The number of hydrogen-bond donors (Lipinski definition) is 2. The van der Waals surface area contributed by atoms with Crippen molar-refractivity contribution in [1.82, 2.24) is 5.32 Å². The van der Waals surface area contributed by atoms with E-state index in [-0.39, 0.29) is 11.7 Å². The average Bonchev–Trinajstić information content (AvgIpc) is 2.44. The van der Waals surface area contributed by atoms with Gasteiger partial charge in [-0.25, -0.2) is 4.39 Å². The van der Waals surface area contributed by atoms with Crippen molar-refractivity contribution in [3.05, 3.63) is 63.9 Å². The van der Waals surface area contributed by atoms with Crippen LogP contribution < -0.4 is 10.6 Å². The average molecular weight is 351 g/mol. The first-order chi connectivity index (χ1) is 10.0. The van der Waals surface area contributed by atoms with Crippen LogP contribution in [0.1, 0.15) is 18.1 Å². The number of nitrogens with one attached hydrogen (secondary N) is 2. The zero-order chi connectivity index (χ0) is 15.2. The van der Waals surface area contributed by atoms with E-state index >= 15 is 0 Å². The predicted octanol–water partition coefficient (Wildman–Crippen LogP) is 3.84. The molecule has 0 bridgehead atoms. The lowest BCUT2D eigenvalue weighted by Gasteiger charge is -2.08. The first-order valence-electron chi connectivity index (χ1n) is 6.56. The second-order valence-corrected chi connectivity index (χ2v) is 5.63. The van der Waals surface area contributed by atoms with E-state index in [9.17, 15) is 9.18 Å². The maximum atomic E-state index is 13.6. The molecule has 0 aliphatic rings. The standard InChI is InChI=1S/C16H16BrFN2O/c1-11(21)20-15-5-2-12(3-6-15)9-19-10-13-8-14(17)4-7-16(13)18/h2-8,19H,9-10H2,1H3,(H,20,21). The molecule has 3 nitrogen and oxygen atoms in total. The smallest absolute Gasteiger partial charge is 0.221 e. The molecule has 110 valence electrons. The highest BCUT2D eigenvalue weighted by atomic mass is 79.9. The molecule has 0 saturated carbocycles. The van der Waals surface area contributed by atoms with Crippen LogP contribution in [0.15, 0.2) is 46.9 Å². The van der Waals surface area contributed by atoms with Gasteiger partial charge in [0, 0.05) is 35.7 Å². The Hall–Kier alpha value is -1.72. The van der Waals surface area contributed by atoms with Crippen LogP contribution in [0.3, 0.4) is 0 Å². The summed E-state index contributed by atoms with van der Waals surface area (Å²) in [4.78, 5) is 10.9. The van der Waals surface area contributed by atoms with Gasteiger partial charge in [0.15, 0.2) is 0 Å². The molecule has 2 aromatic rings. The molecule has 0 aromatic heterocycles. The van der Waals surface area contributed by atoms with Crippen LogP contribution in [0.2, 0.25) is 0 Å². The molecule has 0 atom stereocenters. The molecule has 0 aliphatic carbocycles. The molecule has 0 heterocycles. The van der Waals surface area contributed by atoms with Crippen LogP contribution in [0.5, 0.6) is 0 Å². The van der Waals surface area contributed by atoms with Crippen molar-refractivity contribution in [2.24, 2.45) is 0 Å². The molecule has 2 aromatic carbocycles. The number of benzene rings is 2. The maximum absolute atomic E-state index is 13.6. The van der Waals surface area contributed by atoms with Gasteiger partial charge in [0.05, 0.1) is 0 Å². The van der Waals surface area contributed by atoms with Crippen LogP contribution in [0.4, 0.5) is 10.1 Å². The van der Waals surface area contributed by atoms with Crippen LogP contribution in [0.25, 0.3) is 0 Å². The van der Waals surface area contributed by atoms with Gasteiger partial charge in [0.1, 0.15) is 5.82 Å². The highest BCUT2D eigenvalue weighted by Gasteiger charge is 2.02. The Morgan fingerprint density at radius 3 is 2.52 bits per heavy atom. The summed E-state index contributed by atoms with van der Waals surface area (Å²) in [5.74, 6) is -0.308. The molecule has 0 unspecified atom stereocenters. The molecule has 2 N–H and O–H groups in total. The van der Waals surface area contributed by atoms with Crippen LogP contribution in [-0.2, 0) is 17.9 Å². The van der Waals surface area contributed by atoms with Crippen molar-refractivity contribution >= 4 is 27.5 Å². The first kappa shape index (κ1) is 15.7. The maximum Gasteiger partial charge on any atom is 0.221 e. The fourth-order valence-corrected chi connectivity index (χ4v) is 2.34. The van der Waals surface area contributed by atoms with Gasteiger partial charge in [0.25, 0.3) is 0 Å². The Morgan fingerprint density at radius 2 is 1.86 bits per heavy atom. The summed E-state index contributed by atoms with van der Waals surface area (Å²) in [6.45, 7) is 2.56. The molecule has 1 amide bonds. The van der Waals surface area contributed by atoms with E-state index in [1.165, 1.54) is 13.0 Å². The SMILES string of the molecule is CC(=O)Nc1ccc(CNCc2cc(Br)ccc2F)cc1. The lowest BCUT2D eigenvalue weighted by atomic mass is 10.2. The number of carbonyl (C=O) groups is 1. The van der Waals surface area contributed by atoms with Gasteiger partial charge < -0.3 is 10.6 Å². The number of rotatable bonds is 5. The molecular weight excluding hydrogens is 335 g/mol. The lowest BCUT2D eigenvalue weighted by molar-refractivity contribution is -0.114. The molecule has 0 fully saturated rings. The summed E-state index contributed by atoms with van der Waals surface area (Å²) < 4.78 is 14.4. The zero-order valence-electron chi connectivity index (χ0n) is 11.6. The van der Waals surface area contributed by atoms with Gasteiger partial charge in [-0.3, -0.25) is 4.79 Å². The van der Waals surface area contributed by atoms with E-state index in [1.807, 2.05) is 24.3 Å². The van der Waals surface area contributed by atoms with Crippen molar-refractivity contribution < 1.29 is 9.18 Å². The first-order valence-corrected chi connectivity index (χ1v) is 7.35. The highest BCUT2D eigenvalue weighted by Crippen LogP contribution is 2.15. The number of halogens is 2. The van der Waals surface area contributed by atoms with Gasteiger partial charge in [0.2, 0.25) is 5.91 Å². The predicted molar refractivity (Wildman–Crippen MR) is 85.4 cm³/mol. The van der Waals surface area contributed by atoms with Gasteiger partial charge in [-0.15, -0.1) is 0 Å². The largest absolute Gasteiger partial charge is 0.326 e. The number of hydrogen-bond acceptors (Lipinski definition) is 2. The van der Waals surface area contributed by atoms with Crippen molar-refractivity contribution in [3.63, 3.8) is 0 Å². The molecule has 0 radical (unpaired) electrons. The quantitative estimate of drug-likeness (QED) is 0.860. The summed E-state index contributed by atoms with van der Waals surface area (Å²) >= 11 is 3.33. The van der Waals surface area contributed by atoms with Gasteiger partial charge >= 0.3 is 0 Å². The minimum atomic E-state index is -0.216. The minimum absolute atomic E-state index is 0.0917. The van der Waals surface area contributed by atoms with E-state index in [4.69, 9.17) is 0 Å². The van der Waals surface area contributed by atoms with Gasteiger partial charge in [-0.2, -0.15) is 0 Å². The van der Waals surface area contributed by atoms with Gasteiger partial charge in [-0.05, 0) is 35.9 Å². The fraction of sp³-hybridized carbons (Fsp3) is 0.188. The molecule has 2 rings (SSSR count). The number of amides is 1. The number of anilines is 1. The lowest BCUT2D eigenvalue weighted by Crippen LogP contribution is -2.14. The topological polar surface area (TPSA) is 41.1 Å². The summed E-state index contributed by atoms with van der Waals surface area (Å²) in [5.41, 5.74) is 2.46. The van der Waals surface area contributed by atoms with E-state index in [2.05, 4.69) is 26.6 Å². The second-order valence-electron chi connectivity index (χ2n) is 4.72. The molecular formula is C16H16BrFN2O. The van der Waals surface area contributed by atoms with Gasteiger partial charge in [-0.1, -0.05) is 28.1 Å². The van der Waals surface area contributed by atoms with E-state index in [0.29, 0.717) is 18.7 Å².